The summed E-state index contributed by atoms with van der Waals surface area (Å²) in [5.41, 5.74) is 0.804. The Labute approximate surface area is 117 Å². The van der Waals surface area contributed by atoms with Gasteiger partial charge in [0.1, 0.15) is 6.61 Å². The van der Waals surface area contributed by atoms with Crippen LogP contribution in [0.15, 0.2) is 22.7 Å². The Bertz CT molecular complexity index is 387. The zero-order chi connectivity index (χ0) is 13.6. The minimum absolute atomic E-state index is 0.0602. The summed E-state index contributed by atoms with van der Waals surface area (Å²) in [6.07, 6.45) is -3.78. The van der Waals surface area contributed by atoms with Crippen LogP contribution in [-0.4, -0.2) is 25.9 Å². The first kappa shape index (κ1) is 15.6. The van der Waals surface area contributed by atoms with Crippen LogP contribution in [0.5, 0.6) is 0 Å². The number of nitrogens with one attached hydrogen (secondary N) is 1. The second-order valence-corrected chi connectivity index (χ2v) is 4.75. The van der Waals surface area contributed by atoms with Crippen molar-refractivity contribution in [1.29, 1.82) is 0 Å². The average Bonchev–Trinajstić information content (AvgIpc) is 2.27. The summed E-state index contributed by atoms with van der Waals surface area (Å²) in [6, 6.07) is 5.35. The van der Waals surface area contributed by atoms with Gasteiger partial charge in [-0.3, -0.25) is 0 Å². The maximum Gasteiger partial charge on any atom is 0.411 e. The number of benzene rings is 1. The van der Waals surface area contributed by atoms with Crippen molar-refractivity contribution in [2.45, 2.75) is 12.6 Å². The van der Waals surface area contributed by atoms with Crippen LogP contribution in [-0.2, 0) is 4.74 Å². The molecular weight excluding hydrogens is 334 g/mol. The van der Waals surface area contributed by atoms with Crippen LogP contribution in [0.3, 0.4) is 0 Å². The Morgan fingerprint density at radius 2 is 2.06 bits per heavy atom. The minimum Gasteiger partial charge on any atom is -0.384 e. The predicted molar refractivity (Wildman–Crippen MR) is 69.1 cm³/mol. The molecule has 0 radical (unpaired) electrons. The third kappa shape index (κ3) is 5.93. The van der Waals surface area contributed by atoms with Gasteiger partial charge in [-0.1, -0.05) is 17.7 Å². The highest BCUT2D eigenvalue weighted by Gasteiger charge is 2.27. The molecule has 0 unspecified atom stereocenters. The van der Waals surface area contributed by atoms with Crippen LogP contribution in [0.25, 0.3) is 0 Å². The molecule has 1 rings (SSSR count). The fraction of sp³-hybridized carbons (Fsp3) is 0.455. The van der Waals surface area contributed by atoms with Gasteiger partial charge in [0, 0.05) is 18.8 Å². The molecule has 2 nitrogen and oxygen atoms in total. The molecule has 0 atom stereocenters. The number of ether oxygens (including phenoxy) is 1. The molecule has 0 heterocycles. The highest BCUT2D eigenvalue weighted by Crippen LogP contribution is 2.29. The molecule has 102 valence electrons. The van der Waals surface area contributed by atoms with Crippen molar-refractivity contribution in [3.63, 3.8) is 0 Å². The molecule has 0 aliphatic carbocycles. The molecule has 0 fully saturated rings. The van der Waals surface area contributed by atoms with Crippen molar-refractivity contribution in [1.82, 2.24) is 0 Å². The highest BCUT2D eigenvalue weighted by molar-refractivity contribution is 9.10. The van der Waals surface area contributed by atoms with Crippen molar-refractivity contribution < 1.29 is 17.9 Å². The van der Waals surface area contributed by atoms with Gasteiger partial charge in [-0.15, -0.1) is 0 Å². The van der Waals surface area contributed by atoms with E-state index >= 15 is 0 Å². The molecule has 0 saturated heterocycles. The fourth-order valence-corrected chi connectivity index (χ4v) is 1.80. The molecule has 0 spiro atoms. The standard InChI is InChI=1S/C11H12BrClF3NO/c12-10-8(13)3-1-4-9(10)17-5-2-6-18-7-11(14,15)16/h1,3-4,17H,2,5-7H2. The molecule has 0 aromatic heterocycles. The fourth-order valence-electron chi connectivity index (χ4n) is 1.23. The molecule has 1 aromatic rings. The van der Waals surface area contributed by atoms with Crippen LogP contribution in [0.4, 0.5) is 18.9 Å². The zero-order valence-corrected chi connectivity index (χ0v) is 11.7. The lowest BCUT2D eigenvalue weighted by atomic mass is 10.3. The van der Waals surface area contributed by atoms with Gasteiger partial charge in [0.25, 0.3) is 0 Å². The average molecular weight is 347 g/mol. The van der Waals surface area contributed by atoms with Crippen molar-refractivity contribution in [2.24, 2.45) is 0 Å². The van der Waals surface area contributed by atoms with E-state index in [1.807, 2.05) is 6.07 Å². The topological polar surface area (TPSA) is 21.3 Å². The van der Waals surface area contributed by atoms with Gasteiger partial charge in [0.2, 0.25) is 0 Å². The maximum absolute atomic E-state index is 11.8. The summed E-state index contributed by atoms with van der Waals surface area (Å²) >= 11 is 9.20. The number of anilines is 1. The molecule has 1 aromatic carbocycles. The Morgan fingerprint density at radius 1 is 1.33 bits per heavy atom. The molecule has 7 heteroatoms. The second-order valence-electron chi connectivity index (χ2n) is 3.55. The lowest BCUT2D eigenvalue weighted by Gasteiger charge is -2.10. The van der Waals surface area contributed by atoms with Crippen molar-refractivity contribution in [3.8, 4) is 0 Å². The summed E-state index contributed by atoms with van der Waals surface area (Å²) in [5, 5.41) is 3.64. The van der Waals surface area contributed by atoms with E-state index in [4.69, 9.17) is 11.6 Å². The Morgan fingerprint density at radius 3 is 2.72 bits per heavy atom. The SMILES string of the molecule is FC(F)(F)COCCCNc1cccc(Cl)c1Br. The lowest BCUT2D eigenvalue weighted by molar-refractivity contribution is -0.173. The van der Waals surface area contributed by atoms with Crippen LogP contribution < -0.4 is 5.32 Å². The van der Waals surface area contributed by atoms with Crippen molar-refractivity contribution in [3.05, 3.63) is 27.7 Å². The molecular formula is C11H12BrClF3NO. The summed E-state index contributed by atoms with van der Waals surface area (Å²) in [6.45, 7) is -0.630. The van der Waals surface area contributed by atoms with Crippen LogP contribution >= 0.6 is 27.5 Å². The number of hydrogen-bond acceptors (Lipinski definition) is 2. The van der Waals surface area contributed by atoms with E-state index < -0.39 is 12.8 Å². The number of hydrogen-bond donors (Lipinski definition) is 1. The highest BCUT2D eigenvalue weighted by atomic mass is 79.9. The largest absolute Gasteiger partial charge is 0.411 e. The summed E-state index contributed by atoms with van der Waals surface area (Å²) < 4.78 is 40.5. The quantitative estimate of drug-likeness (QED) is 0.767. The molecule has 0 aliphatic heterocycles. The molecule has 1 N–H and O–H groups in total. The van der Waals surface area contributed by atoms with Gasteiger partial charge >= 0.3 is 6.18 Å². The molecule has 0 bridgehead atoms. The minimum atomic E-state index is -4.26. The lowest BCUT2D eigenvalue weighted by Crippen LogP contribution is -2.18. The second kappa shape index (κ2) is 7.21. The van der Waals surface area contributed by atoms with Crippen LogP contribution in [0, 0.1) is 0 Å². The third-order valence-corrected chi connectivity index (χ3v) is 3.40. The van der Waals surface area contributed by atoms with E-state index in [0.29, 0.717) is 18.0 Å². The van der Waals surface area contributed by atoms with E-state index in [1.54, 1.807) is 12.1 Å². The van der Waals surface area contributed by atoms with Gasteiger partial charge in [0.15, 0.2) is 0 Å². The molecule has 18 heavy (non-hydrogen) atoms. The van der Waals surface area contributed by atoms with E-state index in [2.05, 4.69) is 26.0 Å². The monoisotopic (exact) mass is 345 g/mol. The van der Waals surface area contributed by atoms with E-state index in [9.17, 15) is 13.2 Å². The van der Waals surface area contributed by atoms with Gasteiger partial charge < -0.3 is 10.1 Å². The molecule has 0 amide bonds. The molecule has 0 aliphatic rings. The Kier molecular flexibility index (Phi) is 6.25. The first-order chi connectivity index (χ1) is 8.40. The van der Waals surface area contributed by atoms with Crippen LogP contribution in [0.1, 0.15) is 6.42 Å². The normalized spacial score (nSPS) is 11.6. The number of rotatable bonds is 6. The third-order valence-electron chi connectivity index (χ3n) is 2.00. The van der Waals surface area contributed by atoms with E-state index in [1.165, 1.54) is 0 Å². The molecule has 0 saturated carbocycles. The Balaban J connectivity index is 2.20. The number of halogens is 5. The van der Waals surface area contributed by atoms with Crippen molar-refractivity contribution in [2.75, 3.05) is 25.1 Å². The predicted octanol–water partition coefficient (Wildman–Crippen LogP) is 4.48. The van der Waals surface area contributed by atoms with Gasteiger partial charge in [-0.05, 0) is 34.5 Å². The van der Waals surface area contributed by atoms with Crippen LogP contribution in [0.2, 0.25) is 5.02 Å². The first-order valence-electron chi connectivity index (χ1n) is 5.22. The van der Waals surface area contributed by atoms with Gasteiger partial charge in [0.05, 0.1) is 9.50 Å². The van der Waals surface area contributed by atoms with Crippen molar-refractivity contribution >= 4 is 33.2 Å². The van der Waals surface area contributed by atoms with Gasteiger partial charge in [-0.25, -0.2) is 0 Å². The summed E-state index contributed by atoms with van der Waals surface area (Å²) in [4.78, 5) is 0. The van der Waals surface area contributed by atoms with Gasteiger partial charge in [-0.2, -0.15) is 13.2 Å². The van der Waals surface area contributed by atoms with E-state index in [-0.39, 0.29) is 6.61 Å². The van der Waals surface area contributed by atoms with E-state index in [0.717, 1.165) is 10.2 Å². The number of alkyl halides is 3. The Hall–Kier alpha value is -0.460. The summed E-state index contributed by atoms with van der Waals surface area (Å²) in [7, 11) is 0. The maximum atomic E-state index is 11.8. The zero-order valence-electron chi connectivity index (χ0n) is 9.36. The first-order valence-corrected chi connectivity index (χ1v) is 6.39. The summed E-state index contributed by atoms with van der Waals surface area (Å²) in [5.74, 6) is 0. The smallest absolute Gasteiger partial charge is 0.384 e.